The Balaban J connectivity index is 2.54. The van der Waals surface area contributed by atoms with E-state index in [1.54, 1.807) is 0 Å². The van der Waals surface area contributed by atoms with Crippen molar-refractivity contribution in [1.29, 1.82) is 0 Å². The number of hydrogen-bond donors (Lipinski definition) is 0. The predicted octanol–water partition coefficient (Wildman–Crippen LogP) is 2.60. The second kappa shape index (κ2) is 2.91. The molecule has 1 heteroatoms. The van der Waals surface area contributed by atoms with E-state index in [2.05, 4.69) is 20.8 Å². The highest BCUT2D eigenvalue weighted by Crippen LogP contribution is 2.32. The average Bonchev–Trinajstić information content (AvgIpc) is 1.96. The minimum atomic E-state index is 0.179. The van der Waals surface area contributed by atoms with Crippen LogP contribution in [0.25, 0.3) is 0 Å². The maximum atomic E-state index is 5.73. The van der Waals surface area contributed by atoms with E-state index in [0.717, 1.165) is 18.9 Å². The maximum absolute atomic E-state index is 5.73. The van der Waals surface area contributed by atoms with E-state index in [1.165, 1.54) is 12.8 Å². The SMILES string of the molecule is CCC1(C)OCCCC1C. The van der Waals surface area contributed by atoms with Gasteiger partial charge in [-0.1, -0.05) is 13.8 Å². The molecule has 0 bridgehead atoms. The first kappa shape index (κ1) is 8.06. The molecular weight excluding hydrogens is 124 g/mol. The third kappa shape index (κ3) is 1.34. The molecule has 1 aliphatic heterocycles. The Morgan fingerprint density at radius 1 is 1.60 bits per heavy atom. The summed E-state index contributed by atoms with van der Waals surface area (Å²) in [5.41, 5.74) is 0.179. The van der Waals surface area contributed by atoms with E-state index < -0.39 is 0 Å². The van der Waals surface area contributed by atoms with E-state index >= 15 is 0 Å². The molecular formula is C9H18O. The van der Waals surface area contributed by atoms with Gasteiger partial charge < -0.3 is 4.74 Å². The van der Waals surface area contributed by atoms with E-state index in [-0.39, 0.29) is 5.60 Å². The first-order valence-electron chi connectivity index (χ1n) is 4.33. The average molecular weight is 142 g/mol. The predicted molar refractivity (Wildman–Crippen MR) is 43.0 cm³/mol. The van der Waals surface area contributed by atoms with Crippen LogP contribution in [0, 0.1) is 5.92 Å². The van der Waals surface area contributed by atoms with Gasteiger partial charge in [-0.05, 0) is 32.1 Å². The molecule has 0 saturated carbocycles. The van der Waals surface area contributed by atoms with Crippen molar-refractivity contribution in [2.75, 3.05) is 6.61 Å². The van der Waals surface area contributed by atoms with Crippen LogP contribution in [0.4, 0.5) is 0 Å². The summed E-state index contributed by atoms with van der Waals surface area (Å²) in [6.07, 6.45) is 3.73. The molecule has 10 heavy (non-hydrogen) atoms. The summed E-state index contributed by atoms with van der Waals surface area (Å²) < 4.78 is 5.73. The first-order chi connectivity index (χ1) is 4.69. The van der Waals surface area contributed by atoms with Crippen LogP contribution < -0.4 is 0 Å². The molecule has 0 aromatic heterocycles. The van der Waals surface area contributed by atoms with Crippen molar-refractivity contribution < 1.29 is 4.74 Å². The fourth-order valence-corrected chi connectivity index (χ4v) is 1.59. The molecule has 1 rings (SSSR count). The van der Waals surface area contributed by atoms with E-state index in [1.807, 2.05) is 0 Å². The van der Waals surface area contributed by atoms with Crippen LogP contribution in [-0.4, -0.2) is 12.2 Å². The normalized spacial score (nSPS) is 41.7. The van der Waals surface area contributed by atoms with E-state index in [0.29, 0.717) is 0 Å². The van der Waals surface area contributed by atoms with Gasteiger partial charge in [-0.3, -0.25) is 0 Å². The second-order valence-electron chi connectivity index (χ2n) is 3.56. The summed E-state index contributed by atoms with van der Waals surface area (Å²) in [4.78, 5) is 0. The molecule has 0 aromatic rings. The zero-order valence-corrected chi connectivity index (χ0v) is 7.31. The van der Waals surface area contributed by atoms with Gasteiger partial charge in [0.15, 0.2) is 0 Å². The molecule has 1 aliphatic rings. The molecule has 60 valence electrons. The lowest BCUT2D eigenvalue weighted by Gasteiger charge is -2.38. The van der Waals surface area contributed by atoms with Crippen LogP contribution in [0.5, 0.6) is 0 Å². The standard InChI is InChI=1S/C9H18O/c1-4-9(3)8(2)6-5-7-10-9/h8H,4-7H2,1-3H3. The van der Waals surface area contributed by atoms with Crippen molar-refractivity contribution >= 4 is 0 Å². The third-order valence-electron chi connectivity index (χ3n) is 2.96. The minimum Gasteiger partial charge on any atom is -0.375 e. The van der Waals surface area contributed by atoms with Crippen LogP contribution in [-0.2, 0) is 4.74 Å². The quantitative estimate of drug-likeness (QED) is 0.547. The largest absolute Gasteiger partial charge is 0.375 e. The summed E-state index contributed by atoms with van der Waals surface area (Å²) in [7, 11) is 0. The molecule has 1 heterocycles. The molecule has 0 aliphatic carbocycles. The Morgan fingerprint density at radius 2 is 2.30 bits per heavy atom. The lowest BCUT2D eigenvalue weighted by atomic mass is 9.83. The summed E-state index contributed by atoms with van der Waals surface area (Å²) >= 11 is 0. The van der Waals surface area contributed by atoms with Crippen molar-refractivity contribution in [3.8, 4) is 0 Å². The Kier molecular flexibility index (Phi) is 2.35. The fraction of sp³-hybridized carbons (Fsp3) is 1.00. The Morgan fingerprint density at radius 3 is 2.70 bits per heavy atom. The summed E-state index contributed by atoms with van der Waals surface area (Å²) in [5.74, 6) is 0.742. The fourth-order valence-electron chi connectivity index (χ4n) is 1.59. The van der Waals surface area contributed by atoms with Gasteiger partial charge in [0.05, 0.1) is 5.60 Å². The second-order valence-corrected chi connectivity index (χ2v) is 3.56. The highest BCUT2D eigenvalue weighted by Gasteiger charge is 2.32. The van der Waals surface area contributed by atoms with Gasteiger partial charge in [0.2, 0.25) is 0 Å². The molecule has 1 nitrogen and oxygen atoms in total. The summed E-state index contributed by atoms with van der Waals surface area (Å²) in [5, 5.41) is 0. The van der Waals surface area contributed by atoms with Crippen molar-refractivity contribution in [3.63, 3.8) is 0 Å². The third-order valence-corrected chi connectivity index (χ3v) is 2.96. The Labute approximate surface area is 63.8 Å². The lowest BCUT2D eigenvalue weighted by Crippen LogP contribution is -2.39. The van der Waals surface area contributed by atoms with Gasteiger partial charge in [0, 0.05) is 6.61 Å². The van der Waals surface area contributed by atoms with Gasteiger partial charge in [-0.15, -0.1) is 0 Å². The van der Waals surface area contributed by atoms with Crippen molar-refractivity contribution in [2.24, 2.45) is 5.92 Å². The Hall–Kier alpha value is -0.0400. The molecule has 0 N–H and O–H groups in total. The van der Waals surface area contributed by atoms with Crippen LogP contribution in [0.15, 0.2) is 0 Å². The van der Waals surface area contributed by atoms with Gasteiger partial charge in [0.1, 0.15) is 0 Å². The summed E-state index contributed by atoms with van der Waals surface area (Å²) in [6.45, 7) is 7.70. The Bertz CT molecular complexity index is 111. The molecule has 0 radical (unpaired) electrons. The van der Waals surface area contributed by atoms with Crippen LogP contribution in [0.3, 0.4) is 0 Å². The van der Waals surface area contributed by atoms with E-state index in [9.17, 15) is 0 Å². The van der Waals surface area contributed by atoms with Crippen LogP contribution >= 0.6 is 0 Å². The van der Waals surface area contributed by atoms with Crippen molar-refractivity contribution in [2.45, 2.75) is 45.6 Å². The highest BCUT2D eigenvalue weighted by molar-refractivity contribution is 4.82. The molecule has 1 fully saturated rings. The zero-order chi connectivity index (χ0) is 7.61. The molecule has 0 spiro atoms. The smallest absolute Gasteiger partial charge is 0.0677 e. The van der Waals surface area contributed by atoms with Gasteiger partial charge in [-0.25, -0.2) is 0 Å². The van der Waals surface area contributed by atoms with Crippen molar-refractivity contribution in [1.82, 2.24) is 0 Å². The monoisotopic (exact) mass is 142 g/mol. The zero-order valence-electron chi connectivity index (χ0n) is 7.31. The molecule has 0 amide bonds. The number of hydrogen-bond acceptors (Lipinski definition) is 1. The summed E-state index contributed by atoms with van der Waals surface area (Å²) in [6, 6.07) is 0. The van der Waals surface area contributed by atoms with Crippen molar-refractivity contribution in [3.05, 3.63) is 0 Å². The minimum absolute atomic E-state index is 0.179. The lowest BCUT2D eigenvalue weighted by molar-refractivity contribution is -0.103. The number of rotatable bonds is 1. The molecule has 0 aromatic carbocycles. The first-order valence-corrected chi connectivity index (χ1v) is 4.33. The van der Waals surface area contributed by atoms with Gasteiger partial charge in [0.25, 0.3) is 0 Å². The topological polar surface area (TPSA) is 9.23 Å². The highest BCUT2D eigenvalue weighted by atomic mass is 16.5. The molecule has 1 saturated heterocycles. The van der Waals surface area contributed by atoms with Crippen LogP contribution in [0.1, 0.15) is 40.0 Å². The van der Waals surface area contributed by atoms with Gasteiger partial charge >= 0.3 is 0 Å². The molecule has 2 unspecified atom stereocenters. The number of ether oxygens (including phenoxy) is 1. The van der Waals surface area contributed by atoms with E-state index in [4.69, 9.17) is 4.74 Å². The van der Waals surface area contributed by atoms with Crippen LogP contribution in [0.2, 0.25) is 0 Å². The molecule has 2 atom stereocenters. The van der Waals surface area contributed by atoms with Gasteiger partial charge in [-0.2, -0.15) is 0 Å². The maximum Gasteiger partial charge on any atom is 0.0677 e.